The zero-order valence-electron chi connectivity index (χ0n) is 8.98. The minimum absolute atomic E-state index is 0.423. The fraction of sp³-hybridized carbons (Fsp3) is 0.200. The van der Waals surface area contributed by atoms with Crippen LogP contribution in [0.5, 0.6) is 0 Å². The largest absolute Gasteiger partial charge is 0.385 e. The molecule has 0 spiro atoms. The summed E-state index contributed by atoms with van der Waals surface area (Å²) in [6.07, 6.45) is 0.687. The third-order valence-electron chi connectivity index (χ3n) is 2.30. The number of halogens is 1. The number of hydrogen-bond donors (Lipinski definition) is 3. The molecule has 1 aromatic heterocycles. The fourth-order valence-electron chi connectivity index (χ4n) is 1.40. The molecule has 0 radical (unpaired) electrons. The number of aromatic amines is 1. The first kappa shape index (κ1) is 11.9. The Hall–Kier alpha value is -1.53. The van der Waals surface area contributed by atoms with Crippen LogP contribution in [0.3, 0.4) is 0 Å². The Morgan fingerprint density at radius 3 is 2.71 bits per heavy atom. The van der Waals surface area contributed by atoms with E-state index in [0.29, 0.717) is 11.2 Å². The second-order valence-corrected chi connectivity index (χ2v) is 4.32. The van der Waals surface area contributed by atoms with E-state index in [-0.39, 0.29) is 0 Å². The van der Waals surface area contributed by atoms with Gasteiger partial charge in [-0.25, -0.2) is 4.68 Å². The number of H-pyrrole nitrogens is 1. The Bertz CT molecular complexity index is 545. The molecule has 0 saturated carbocycles. The standard InChI is InChI=1S/C10H12ClN5S/c11-7-1-3-8(4-2-7)13-6-5-9-14-15-10(17)16(9)12/h1-4,13H,5-6,12H2,(H,15,17). The second-order valence-electron chi connectivity index (χ2n) is 3.50. The summed E-state index contributed by atoms with van der Waals surface area (Å²) < 4.78 is 1.80. The molecule has 2 rings (SSSR count). The first-order chi connectivity index (χ1) is 8.16. The number of nitrogens with one attached hydrogen (secondary N) is 2. The number of nitrogen functional groups attached to an aromatic ring is 1. The SMILES string of the molecule is Nn1c(CCNc2ccc(Cl)cc2)n[nH]c1=S. The summed E-state index contributed by atoms with van der Waals surface area (Å²) in [5.41, 5.74) is 1.01. The van der Waals surface area contributed by atoms with Crippen molar-refractivity contribution in [3.63, 3.8) is 0 Å². The van der Waals surface area contributed by atoms with Crippen molar-refractivity contribution >= 4 is 29.5 Å². The van der Waals surface area contributed by atoms with Crippen molar-refractivity contribution in [1.82, 2.24) is 14.9 Å². The monoisotopic (exact) mass is 269 g/mol. The van der Waals surface area contributed by atoms with Gasteiger partial charge in [0.25, 0.3) is 0 Å². The minimum atomic E-state index is 0.423. The van der Waals surface area contributed by atoms with E-state index in [9.17, 15) is 0 Å². The lowest BCUT2D eigenvalue weighted by Gasteiger charge is -2.05. The first-order valence-electron chi connectivity index (χ1n) is 5.07. The molecular weight excluding hydrogens is 258 g/mol. The summed E-state index contributed by atoms with van der Waals surface area (Å²) >= 11 is 10.7. The molecule has 0 atom stereocenters. The Morgan fingerprint density at radius 1 is 1.41 bits per heavy atom. The van der Waals surface area contributed by atoms with Crippen molar-refractivity contribution in [1.29, 1.82) is 0 Å². The van der Waals surface area contributed by atoms with Crippen molar-refractivity contribution in [2.24, 2.45) is 0 Å². The van der Waals surface area contributed by atoms with E-state index >= 15 is 0 Å². The van der Waals surface area contributed by atoms with Gasteiger partial charge in [0.05, 0.1) is 0 Å². The maximum Gasteiger partial charge on any atom is 0.214 e. The maximum atomic E-state index is 5.79. The molecule has 2 aromatic rings. The first-order valence-corrected chi connectivity index (χ1v) is 5.86. The number of nitrogens with two attached hydrogens (primary N) is 1. The molecule has 0 aliphatic rings. The highest BCUT2D eigenvalue weighted by molar-refractivity contribution is 7.71. The van der Waals surface area contributed by atoms with Crippen molar-refractivity contribution in [3.05, 3.63) is 39.9 Å². The topological polar surface area (TPSA) is 71.7 Å². The number of rotatable bonds is 4. The molecule has 0 amide bonds. The molecule has 90 valence electrons. The van der Waals surface area contributed by atoms with Crippen molar-refractivity contribution < 1.29 is 0 Å². The molecule has 1 heterocycles. The van der Waals surface area contributed by atoms with E-state index in [2.05, 4.69) is 15.5 Å². The molecule has 0 saturated heterocycles. The Kier molecular flexibility index (Phi) is 3.65. The van der Waals surface area contributed by atoms with Crippen molar-refractivity contribution in [2.75, 3.05) is 17.7 Å². The average molecular weight is 270 g/mol. The third-order valence-corrected chi connectivity index (χ3v) is 2.84. The summed E-state index contributed by atoms with van der Waals surface area (Å²) in [6, 6.07) is 7.51. The van der Waals surface area contributed by atoms with Gasteiger partial charge in [-0.05, 0) is 36.5 Å². The summed E-state index contributed by atoms with van der Waals surface area (Å²) in [4.78, 5) is 0. The van der Waals surface area contributed by atoms with Crippen LogP contribution in [0.2, 0.25) is 5.02 Å². The van der Waals surface area contributed by atoms with Crippen LogP contribution in [-0.4, -0.2) is 21.4 Å². The molecule has 17 heavy (non-hydrogen) atoms. The predicted molar refractivity (Wildman–Crippen MR) is 71.2 cm³/mol. The van der Waals surface area contributed by atoms with E-state index in [1.54, 1.807) is 0 Å². The van der Waals surface area contributed by atoms with E-state index in [1.165, 1.54) is 4.68 Å². The van der Waals surface area contributed by atoms with Gasteiger partial charge in [-0.3, -0.25) is 5.10 Å². The van der Waals surface area contributed by atoms with Crippen LogP contribution < -0.4 is 11.2 Å². The van der Waals surface area contributed by atoms with Crippen LogP contribution in [-0.2, 0) is 6.42 Å². The number of benzene rings is 1. The molecule has 4 N–H and O–H groups in total. The number of anilines is 1. The molecule has 5 nitrogen and oxygen atoms in total. The van der Waals surface area contributed by atoms with Crippen LogP contribution in [0, 0.1) is 4.77 Å². The number of aromatic nitrogens is 3. The molecule has 0 unspecified atom stereocenters. The van der Waals surface area contributed by atoms with Crippen molar-refractivity contribution in [3.8, 4) is 0 Å². The van der Waals surface area contributed by atoms with Gasteiger partial charge in [-0.15, -0.1) is 0 Å². The zero-order valence-corrected chi connectivity index (χ0v) is 10.6. The van der Waals surface area contributed by atoms with Crippen LogP contribution in [0.1, 0.15) is 5.82 Å². The summed E-state index contributed by atoms with van der Waals surface area (Å²) in [5, 5.41) is 10.6. The highest BCUT2D eigenvalue weighted by Crippen LogP contribution is 2.13. The Labute approximate surface area is 109 Å². The Balaban J connectivity index is 1.90. The second kappa shape index (κ2) is 5.20. The molecule has 7 heteroatoms. The van der Waals surface area contributed by atoms with Gasteiger partial charge in [0.2, 0.25) is 4.77 Å². The van der Waals surface area contributed by atoms with Gasteiger partial charge in [0.15, 0.2) is 5.82 Å². The van der Waals surface area contributed by atoms with Gasteiger partial charge >= 0.3 is 0 Å². The lowest BCUT2D eigenvalue weighted by molar-refractivity contribution is 0.824. The Morgan fingerprint density at radius 2 is 2.12 bits per heavy atom. The fourth-order valence-corrected chi connectivity index (χ4v) is 1.68. The van der Waals surface area contributed by atoms with E-state index < -0.39 is 0 Å². The number of hydrogen-bond acceptors (Lipinski definition) is 4. The molecule has 0 aliphatic heterocycles. The zero-order chi connectivity index (χ0) is 12.3. The predicted octanol–water partition coefficient (Wildman–Crippen LogP) is 1.96. The van der Waals surface area contributed by atoms with Crippen LogP contribution >= 0.6 is 23.8 Å². The van der Waals surface area contributed by atoms with Gasteiger partial charge < -0.3 is 11.2 Å². The molecule has 1 aromatic carbocycles. The van der Waals surface area contributed by atoms with Crippen LogP contribution in [0.4, 0.5) is 5.69 Å². The average Bonchev–Trinajstić information content (AvgIpc) is 2.64. The normalized spacial score (nSPS) is 10.4. The summed E-state index contributed by atoms with van der Waals surface area (Å²) in [5.74, 6) is 6.39. The quantitative estimate of drug-likeness (QED) is 0.586. The van der Waals surface area contributed by atoms with E-state index in [4.69, 9.17) is 29.7 Å². The molecular formula is C10H12ClN5S. The lowest BCUT2D eigenvalue weighted by atomic mass is 10.3. The smallest absolute Gasteiger partial charge is 0.214 e. The highest BCUT2D eigenvalue weighted by atomic mass is 35.5. The minimum Gasteiger partial charge on any atom is -0.385 e. The van der Waals surface area contributed by atoms with Crippen molar-refractivity contribution in [2.45, 2.75) is 6.42 Å². The molecule has 0 fully saturated rings. The van der Waals surface area contributed by atoms with Gasteiger partial charge in [-0.1, -0.05) is 11.6 Å². The highest BCUT2D eigenvalue weighted by Gasteiger charge is 2.02. The number of nitrogens with zero attached hydrogens (tertiary/aromatic N) is 2. The molecule has 0 aliphatic carbocycles. The summed E-state index contributed by atoms with van der Waals surface area (Å²) in [7, 11) is 0. The van der Waals surface area contributed by atoms with Gasteiger partial charge in [0.1, 0.15) is 0 Å². The van der Waals surface area contributed by atoms with Gasteiger partial charge in [0, 0.05) is 23.7 Å². The van der Waals surface area contributed by atoms with Crippen LogP contribution in [0.15, 0.2) is 24.3 Å². The van der Waals surface area contributed by atoms with E-state index in [0.717, 1.165) is 23.1 Å². The summed E-state index contributed by atoms with van der Waals surface area (Å²) in [6.45, 7) is 0.721. The van der Waals surface area contributed by atoms with Crippen LogP contribution in [0.25, 0.3) is 0 Å². The van der Waals surface area contributed by atoms with Gasteiger partial charge in [-0.2, -0.15) is 5.10 Å². The molecule has 0 bridgehead atoms. The lowest BCUT2D eigenvalue weighted by Crippen LogP contribution is -2.16. The van der Waals surface area contributed by atoms with E-state index in [1.807, 2.05) is 24.3 Å². The third kappa shape index (κ3) is 2.98. The maximum absolute atomic E-state index is 5.79.